The van der Waals surface area contributed by atoms with Crippen LogP contribution in [0.5, 0.6) is 5.75 Å². The molecule has 0 unspecified atom stereocenters. The molecule has 1 fully saturated rings. The third kappa shape index (κ3) is 5.02. The molecule has 0 spiro atoms. The molecule has 6 heteroatoms. The lowest BCUT2D eigenvalue weighted by molar-refractivity contribution is -0.274. The Morgan fingerprint density at radius 2 is 1.70 bits per heavy atom. The maximum Gasteiger partial charge on any atom is 0.573 e. The van der Waals surface area contributed by atoms with Crippen LogP contribution in [0.15, 0.2) is 24.3 Å². The monoisotopic (exact) mass is 288 g/mol. The highest BCUT2D eigenvalue weighted by Gasteiger charge is 2.30. The van der Waals surface area contributed by atoms with Crippen LogP contribution in [0.3, 0.4) is 0 Å². The van der Waals surface area contributed by atoms with Gasteiger partial charge in [0.25, 0.3) is 0 Å². The Balaban J connectivity index is 1.79. The number of alkyl halides is 3. The van der Waals surface area contributed by atoms with E-state index in [1.54, 1.807) is 12.1 Å². The van der Waals surface area contributed by atoms with Crippen LogP contribution in [0.25, 0.3) is 0 Å². The molecule has 0 atom stereocenters. The summed E-state index contributed by atoms with van der Waals surface area (Å²) in [7, 11) is 0. The van der Waals surface area contributed by atoms with Gasteiger partial charge in [0, 0.05) is 18.6 Å². The fourth-order valence-electron chi connectivity index (χ4n) is 2.39. The van der Waals surface area contributed by atoms with E-state index < -0.39 is 6.36 Å². The van der Waals surface area contributed by atoms with Crippen molar-refractivity contribution in [1.82, 2.24) is 5.32 Å². The topological polar surface area (TPSA) is 47.3 Å². The molecule has 0 aliphatic heterocycles. The molecule has 1 saturated carbocycles. The number of rotatable bonds is 4. The minimum atomic E-state index is -4.64. The fraction of sp³-hybridized carbons (Fsp3) is 0.571. The molecule has 0 radical (unpaired) electrons. The van der Waals surface area contributed by atoms with Crippen LogP contribution in [0.2, 0.25) is 0 Å². The number of hydrogen-bond donors (Lipinski definition) is 2. The summed E-state index contributed by atoms with van der Waals surface area (Å²) in [5.41, 5.74) is 6.78. The lowest BCUT2D eigenvalue weighted by Crippen LogP contribution is -2.37. The van der Waals surface area contributed by atoms with E-state index in [1.165, 1.54) is 12.1 Å². The van der Waals surface area contributed by atoms with Crippen molar-refractivity contribution in [2.45, 2.75) is 50.7 Å². The zero-order chi connectivity index (χ0) is 14.6. The normalized spacial score (nSPS) is 23.6. The third-order valence-corrected chi connectivity index (χ3v) is 3.52. The molecular weight excluding hydrogens is 269 g/mol. The summed E-state index contributed by atoms with van der Waals surface area (Å²) >= 11 is 0. The van der Waals surface area contributed by atoms with Crippen molar-refractivity contribution >= 4 is 0 Å². The van der Waals surface area contributed by atoms with E-state index in [0.29, 0.717) is 18.6 Å². The zero-order valence-electron chi connectivity index (χ0n) is 11.1. The highest BCUT2D eigenvalue weighted by atomic mass is 19.4. The second-order valence-electron chi connectivity index (χ2n) is 5.18. The summed E-state index contributed by atoms with van der Waals surface area (Å²) in [6, 6.07) is 6.71. The summed E-state index contributed by atoms with van der Waals surface area (Å²) < 4.78 is 39.9. The first kappa shape index (κ1) is 15.1. The number of hydrogen-bond acceptors (Lipinski definition) is 3. The largest absolute Gasteiger partial charge is 0.573 e. The summed E-state index contributed by atoms with van der Waals surface area (Å²) in [5, 5.41) is 3.41. The molecule has 2 rings (SSSR count). The van der Waals surface area contributed by atoms with E-state index in [4.69, 9.17) is 5.73 Å². The number of halogens is 3. The van der Waals surface area contributed by atoms with Gasteiger partial charge in [0.1, 0.15) is 5.75 Å². The van der Waals surface area contributed by atoms with Gasteiger partial charge in [0.15, 0.2) is 0 Å². The van der Waals surface area contributed by atoms with E-state index in [-0.39, 0.29) is 5.75 Å². The molecule has 20 heavy (non-hydrogen) atoms. The van der Waals surface area contributed by atoms with Crippen LogP contribution in [-0.4, -0.2) is 18.4 Å². The van der Waals surface area contributed by atoms with Gasteiger partial charge >= 0.3 is 6.36 Å². The molecule has 3 N–H and O–H groups in total. The molecule has 0 saturated heterocycles. The predicted molar refractivity (Wildman–Crippen MR) is 70.2 cm³/mol. The molecule has 3 nitrogen and oxygen atoms in total. The maximum atomic E-state index is 12.0. The van der Waals surface area contributed by atoms with Crippen LogP contribution in [0, 0.1) is 0 Å². The quantitative estimate of drug-likeness (QED) is 0.895. The molecule has 112 valence electrons. The van der Waals surface area contributed by atoms with Crippen LogP contribution in [-0.2, 0) is 6.54 Å². The van der Waals surface area contributed by atoms with Gasteiger partial charge in [-0.2, -0.15) is 0 Å². The highest BCUT2D eigenvalue weighted by Crippen LogP contribution is 2.23. The molecule has 1 aliphatic carbocycles. The first-order valence-corrected chi connectivity index (χ1v) is 6.76. The lowest BCUT2D eigenvalue weighted by atomic mass is 9.92. The molecular formula is C14H19F3N2O. The van der Waals surface area contributed by atoms with Gasteiger partial charge in [-0.05, 0) is 43.4 Å². The van der Waals surface area contributed by atoms with Crippen LogP contribution in [0.4, 0.5) is 13.2 Å². The van der Waals surface area contributed by atoms with Gasteiger partial charge in [-0.1, -0.05) is 12.1 Å². The zero-order valence-corrected chi connectivity index (χ0v) is 11.1. The van der Waals surface area contributed by atoms with Gasteiger partial charge in [-0.15, -0.1) is 13.2 Å². The number of nitrogens with one attached hydrogen (secondary N) is 1. The molecule has 0 heterocycles. The molecule has 1 aromatic rings. The number of nitrogens with two attached hydrogens (primary N) is 1. The van der Waals surface area contributed by atoms with Crippen molar-refractivity contribution < 1.29 is 17.9 Å². The Bertz CT molecular complexity index is 411. The molecule has 0 aromatic heterocycles. The first-order valence-electron chi connectivity index (χ1n) is 6.76. The summed E-state index contributed by atoms with van der Waals surface area (Å²) in [6.07, 6.45) is -0.487. The average Bonchev–Trinajstić information content (AvgIpc) is 2.38. The molecule has 1 aromatic carbocycles. The minimum absolute atomic E-state index is 0.190. The van der Waals surface area contributed by atoms with Gasteiger partial charge in [-0.25, -0.2) is 0 Å². The predicted octanol–water partition coefficient (Wildman–Crippen LogP) is 2.94. The summed E-state index contributed by atoms with van der Waals surface area (Å²) in [4.78, 5) is 0. The van der Waals surface area contributed by atoms with E-state index >= 15 is 0 Å². The minimum Gasteiger partial charge on any atom is -0.406 e. The smallest absolute Gasteiger partial charge is 0.406 e. The number of benzene rings is 1. The summed E-state index contributed by atoms with van der Waals surface area (Å²) in [5.74, 6) is -0.190. The van der Waals surface area contributed by atoms with Gasteiger partial charge < -0.3 is 15.8 Å². The van der Waals surface area contributed by atoms with Crippen LogP contribution < -0.4 is 15.8 Å². The fourth-order valence-corrected chi connectivity index (χ4v) is 2.39. The van der Waals surface area contributed by atoms with Crippen molar-refractivity contribution in [2.75, 3.05) is 0 Å². The second kappa shape index (κ2) is 6.45. The van der Waals surface area contributed by atoms with E-state index in [2.05, 4.69) is 10.1 Å². The van der Waals surface area contributed by atoms with Gasteiger partial charge in [-0.3, -0.25) is 0 Å². The standard InChI is InChI=1S/C14H19F3N2O/c15-14(16,17)20-13-7-1-10(2-8-13)9-19-12-5-3-11(18)4-6-12/h1-2,7-8,11-12,19H,3-6,9,18H2. The van der Waals surface area contributed by atoms with E-state index in [1.807, 2.05) is 0 Å². The van der Waals surface area contributed by atoms with Crippen molar-refractivity contribution in [1.29, 1.82) is 0 Å². The molecule has 1 aliphatic rings. The number of ether oxygens (including phenoxy) is 1. The maximum absolute atomic E-state index is 12.0. The van der Waals surface area contributed by atoms with Crippen molar-refractivity contribution in [3.8, 4) is 5.75 Å². The first-order chi connectivity index (χ1) is 9.42. The Morgan fingerprint density at radius 3 is 2.25 bits per heavy atom. The Labute approximate surface area is 116 Å². The van der Waals surface area contributed by atoms with Crippen LogP contribution in [0.1, 0.15) is 31.2 Å². The van der Waals surface area contributed by atoms with Crippen molar-refractivity contribution in [3.05, 3.63) is 29.8 Å². The Morgan fingerprint density at radius 1 is 1.10 bits per heavy atom. The summed E-state index contributed by atoms with van der Waals surface area (Å²) in [6.45, 7) is 0.645. The van der Waals surface area contributed by atoms with Crippen LogP contribution >= 0.6 is 0 Å². The highest BCUT2D eigenvalue weighted by molar-refractivity contribution is 5.27. The second-order valence-corrected chi connectivity index (χ2v) is 5.18. The Hall–Kier alpha value is -1.27. The van der Waals surface area contributed by atoms with Crippen molar-refractivity contribution in [3.63, 3.8) is 0 Å². The lowest BCUT2D eigenvalue weighted by Gasteiger charge is -2.27. The molecule has 0 bridgehead atoms. The van der Waals surface area contributed by atoms with Gasteiger partial charge in [0.05, 0.1) is 0 Å². The van der Waals surface area contributed by atoms with Gasteiger partial charge in [0.2, 0.25) is 0 Å². The molecule has 0 amide bonds. The third-order valence-electron chi connectivity index (χ3n) is 3.52. The van der Waals surface area contributed by atoms with E-state index in [0.717, 1.165) is 31.2 Å². The SMILES string of the molecule is NC1CCC(NCc2ccc(OC(F)(F)F)cc2)CC1. The van der Waals surface area contributed by atoms with Crippen molar-refractivity contribution in [2.24, 2.45) is 5.73 Å². The average molecular weight is 288 g/mol. The van der Waals surface area contributed by atoms with E-state index in [9.17, 15) is 13.2 Å². The Kier molecular flexibility index (Phi) is 4.88.